The molecule has 0 heterocycles. The standard InChI is InChI=1S/C11H16O4S.C4H12N2O.C4H10O2/c1-9-3-5-11(6-4-9)16(13,14)15-8-7-10(2)12;1-4(7)2-3-6-5;1-4(6)2-3-5/h3-6,10,12H,7-8H2,1-2H3;4,6-7H,2-3,5H2,1H3;4-6H,2-3H2,1H3/t10-;2*4-/m111/s1. The number of aliphatic hydroxyl groups is 4. The number of nitrogens with two attached hydrogens (primary N) is 1. The number of hydrogen-bond acceptors (Lipinski definition) is 9. The van der Waals surface area contributed by atoms with Crippen molar-refractivity contribution >= 4 is 10.1 Å². The summed E-state index contributed by atoms with van der Waals surface area (Å²) in [6.07, 6.45) is 0.348. The van der Waals surface area contributed by atoms with Crippen LogP contribution in [0.5, 0.6) is 0 Å². The molecule has 0 spiro atoms. The molecule has 0 saturated carbocycles. The van der Waals surface area contributed by atoms with E-state index in [4.69, 9.17) is 30.5 Å². The highest BCUT2D eigenvalue weighted by Crippen LogP contribution is 2.13. The van der Waals surface area contributed by atoms with Gasteiger partial charge < -0.3 is 20.4 Å². The summed E-state index contributed by atoms with van der Waals surface area (Å²) in [5, 5.41) is 34.0. The monoisotopic (exact) mass is 438 g/mol. The number of aryl methyl sites for hydroxylation is 1. The molecule has 9 nitrogen and oxygen atoms in total. The summed E-state index contributed by atoms with van der Waals surface area (Å²) >= 11 is 0. The molecular formula is C19H38N2O7S. The normalized spacial score (nSPS) is 14.0. The van der Waals surface area contributed by atoms with E-state index in [0.717, 1.165) is 12.0 Å². The van der Waals surface area contributed by atoms with Crippen LogP contribution in [-0.4, -0.2) is 66.9 Å². The molecule has 0 unspecified atom stereocenters. The van der Waals surface area contributed by atoms with Gasteiger partial charge in [0.25, 0.3) is 10.1 Å². The van der Waals surface area contributed by atoms with Gasteiger partial charge in [0.2, 0.25) is 0 Å². The molecule has 0 bridgehead atoms. The molecule has 10 heteroatoms. The van der Waals surface area contributed by atoms with E-state index in [0.29, 0.717) is 19.4 Å². The van der Waals surface area contributed by atoms with Crippen molar-refractivity contribution in [3.63, 3.8) is 0 Å². The summed E-state index contributed by atoms with van der Waals surface area (Å²) in [4.78, 5) is 0.142. The summed E-state index contributed by atoms with van der Waals surface area (Å²) in [6, 6.07) is 6.44. The Morgan fingerprint density at radius 1 is 0.966 bits per heavy atom. The van der Waals surface area contributed by atoms with Crippen molar-refractivity contribution in [1.29, 1.82) is 0 Å². The van der Waals surface area contributed by atoms with Gasteiger partial charge in [-0.15, -0.1) is 0 Å². The molecule has 0 amide bonds. The zero-order chi connectivity index (χ0) is 22.9. The first kappa shape index (κ1) is 30.1. The maximum Gasteiger partial charge on any atom is 0.296 e. The van der Waals surface area contributed by atoms with E-state index in [1.54, 1.807) is 32.9 Å². The number of benzene rings is 1. The Bertz CT molecular complexity index is 591. The van der Waals surface area contributed by atoms with Crippen molar-refractivity contribution in [3.05, 3.63) is 29.8 Å². The van der Waals surface area contributed by atoms with Gasteiger partial charge in [0.05, 0.1) is 29.8 Å². The zero-order valence-corrected chi connectivity index (χ0v) is 18.6. The number of rotatable bonds is 10. The van der Waals surface area contributed by atoms with Crippen molar-refractivity contribution in [2.75, 3.05) is 19.8 Å². The second-order valence-corrected chi connectivity index (χ2v) is 8.30. The van der Waals surface area contributed by atoms with Crippen molar-refractivity contribution in [1.82, 2.24) is 5.43 Å². The van der Waals surface area contributed by atoms with Crippen LogP contribution in [0.2, 0.25) is 0 Å². The molecule has 0 radical (unpaired) electrons. The fourth-order valence-corrected chi connectivity index (χ4v) is 2.50. The van der Waals surface area contributed by atoms with Gasteiger partial charge in [0, 0.05) is 13.2 Å². The minimum atomic E-state index is -3.68. The maximum atomic E-state index is 11.6. The quantitative estimate of drug-likeness (QED) is 0.173. The van der Waals surface area contributed by atoms with Gasteiger partial charge in [-0.1, -0.05) is 17.7 Å². The summed E-state index contributed by atoms with van der Waals surface area (Å²) in [5.74, 6) is 4.92. The average Bonchev–Trinajstić information content (AvgIpc) is 2.60. The van der Waals surface area contributed by atoms with Crippen LogP contribution in [0.15, 0.2) is 29.2 Å². The van der Waals surface area contributed by atoms with Crippen molar-refractivity contribution < 1.29 is 33.0 Å². The molecule has 7 N–H and O–H groups in total. The Balaban J connectivity index is 0. The third-order valence-electron chi connectivity index (χ3n) is 3.34. The first-order chi connectivity index (χ1) is 13.5. The number of aliphatic hydroxyl groups excluding tert-OH is 4. The summed E-state index contributed by atoms with van der Waals surface area (Å²) in [6.45, 7) is 7.60. The average molecular weight is 439 g/mol. The van der Waals surface area contributed by atoms with E-state index >= 15 is 0 Å². The lowest BCUT2D eigenvalue weighted by Crippen LogP contribution is -2.25. The van der Waals surface area contributed by atoms with Gasteiger partial charge in [0.1, 0.15) is 0 Å². The molecule has 0 fully saturated rings. The van der Waals surface area contributed by atoms with Crippen LogP contribution in [0.1, 0.15) is 45.6 Å². The minimum absolute atomic E-state index is 0.00607. The van der Waals surface area contributed by atoms with E-state index in [-0.39, 0.29) is 30.3 Å². The van der Waals surface area contributed by atoms with Gasteiger partial charge in [-0.3, -0.25) is 15.5 Å². The maximum absolute atomic E-state index is 11.6. The van der Waals surface area contributed by atoms with Crippen LogP contribution in [0.4, 0.5) is 0 Å². The predicted molar refractivity (Wildman–Crippen MR) is 112 cm³/mol. The SMILES string of the molecule is C[C@@H](O)CCNN.C[C@@H](O)CCO.Cc1ccc(S(=O)(=O)OCC[C@@H](C)O)cc1. The van der Waals surface area contributed by atoms with Crippen LogP contribution in [-0.2, 0) is 14.3 Å². The van der Waals surface area contributed by atoms with E-state index in [2.05, 4.69) is 5.43 Å². The van der Waals surface area contributed by atoms with Crippen LogP contribution < -0.4 is 11.3 Å². The number of nitrogens with one attached hydrogen (secondary N) is 1. The molecule has 1 rings (SSSR count). The lowest BCUT2D eigenvalue weighted by Gasteiger charge is -2.07. The van der Waals surface area contributed by atoms with Gasteiger partial charge in [-0.25, -0.2) is 0 Å². The van der Waals surface area contributed by atoms with Gasteiger partial charge in [-0.2, -0.15) is 8.42 Å². The molecule has 0 saturated heterocycles. The van der Waals surface area contributed by atoms with Crippen LogP contribution in [0.25, 0.3) is 0 Å². The molecule has 1 aromatic rings. The number of hydrazine groups is 1. The van der Waals surface area contributed by atoms with Gasteiger partial charge in [0.15, 0.2) is 0 Å². The largest absolute Gasteiger partial charge is 0.396 e. The zero-order valence-electron chi connectivity index (χ0n) is 17.8. The smallest absolute Gasteiger partial charge is 0.296 e. The Labute approximate surface area is 174 Å². The van der Waals surface area contributed by atoms with Crippen LogP contribution in [0, 0.1) is 6.92 Å². The molecule has 0 aliphatic carbocycles. The third kappa shape index (κ3) is 20.0. The Kier molecular flexibility index (Phi) is 18.4. The molecular weight excluding hydrogens is 400 g/mol. The molecule has 3 atom stereocenters. The highest BCUT2D eigenvalue weighted by molar-refractivity contribution is 7.86. The highest BCUT2D eigenvalue weighted by Gasteiger charge is 2.14. The van der Waals surface area contributed by atoms with E-state index in [1.165, 1.54) is 12.1 Å². The molecule has 0 aliphatic heterocycles. The van der Waals surface area contributed by atoms with E-state index in [1.807, 2.05) is 6.92 Å². The summed E-state index contributed by atoms with van der Waals surface area (Å²) in [7, 11) is -3.68. The molecule has 0 aromatic heterocycles. The fourth-order valence-electron chi connectivity index (χ4n) is 1.58. The van der Waals surface area contributed by atoms with Crippen molar-refractivity contribution in [2.24, 2.45) is 5.84 Å². The first-order valence-corrected chi connectivity index (χ1v) is 10.9. The van der Waals surface area contributed by atoms with Gasteiger partial charge in [-0.05, 0) is 59.1 Å². The Morgan fingerprint density at radius 3 is 1.76 bits per heavy atom. The third-order valence-corrected chi connectivity index (χ3v) is 4.66. The van der Waals surface area contributed by atoms with E-state index < -0.39 is 16.2 Å². The van der Waals surface area contributed by atoms with Gasteiger partial charge >= 0.3 is 0 Å². The molecule has 0 aliphatic rings. The molecule has 1 aromatic carbocycles. The fraction of sp³-hybridized carbons (Fsp3) is 0.684. The Hall–Kier alpha value is -1.11. The molecule has 172 valence electrons. The first-order valence-electron chi connectivity index (χ1n) is 9.50. The summed E-state index contributed by atoms with van der Waals surface area (Å²) in [5.41, 5.74) is 3.43. The van der Waals surface area contributed by atoms with Crippen molar-refractivity contribution in [2.45, 2.75) is 70.2 Å². The highest BCUT2D eigenvalue weighted by atomic mass is 32.2. The summed E-state index contributed by atoms with van der Waals surface area (Å²) < 4.78 is 28.0. The molecule has 29 heavy (non-hydrogen) atoms. The second-order valence-electron chi connectivity index (χ2n) is 6.68. The topological polar surface area (TPSA) is 162 Å². The van der Waals surface area contributed by atoms with E-state index in [9.17, 15) is 8.42 Å². The number of hydrogen-bond donors (Lipinski definition) is 6. The van der Waals surface area contributed by atoms with Crippen molar-refractivity contribution in [3.8, 4) is 0 Å². The minimum Gasteiger partial charge on any atom is -0.396 e. The lowest BCUT2D eigenvalue weighted by atomic mass is 10.2. The Morgan fingerprint density at radius 2 is 1.45 bits per heavy atom. The lowest BCUT2D eigenvalue weighted by molar-refractivity contribution is 0.148. The van der Waals surface area contributed by atoms with Crippen LogP contribution in [0.3, 0.4) is 0 Å². The second kappa shape index (κ2) is 17.7. The van der Waals surface area contributed by atoms with Crippen LogP contribution >= 0.6 is 0 Å². The predicted octanol–water partition coefficient (Wildman–Crippen LogP) is 0.441.